The summed E-state index contributed by atoms with van der Waals surface area (Å²) in [5, 5.41) is 9.63. The first-order valence-electron chi connectivity index (χ1n) is 23.8. The molecule has 8 heteroatoms. The van der Waals surface area contributed by atoms with Crippen LogP contribution >= 0.6 is 0 Å². The summed E-state index contributed by atoms with van der Waals surface area (Å²) in [6.07, 6.45) is 51.3. The molecule has 8 nitrogen and oxygen atoms in total. The van der Waals surface area contributed by atoms with Gasteiger partial charge in [-0.15, -0.1) is 0 Å². The van der Waals surface area contributed by atoms with Crippen molar-refractivity contribution in [3.8, 4) is 0 Å². The van der Waals surface area contributed by atoms with Gasteiger partial charge in [-0.1, -0.05) is 184 Å². The number of hydrogen-bond acceptors (Lipinski definition) is 6. The van der Waals surface area contributed by atoms with Crippen LogP contribution in [-0.2, 0) is 28.6 Å². The van der Waals surface area contributed by atoms with Crippen LogP contribution in [-0.4, -0.2) is 80.6 Å². The maximum atomic E-state index is 12.7. The van der Waals surface area contributed by atoms with Crippen LogP contribution in [0, 0.1) is 0 Å². The number of rotatable bonds is 42. The van der Waals surface area contributed by atoms with Crippen LogP contribution < -0.4 is 0 Å². The van der Waals surface area contributed by atoms with Gasteiger partial charge in [0.15, 0.2) is 12.1 Å². The number of ether oxygens (including phenoxy) is 3. The number of hydrogen-bond donors (Lipinski definition) is 1. The number of allylic oxidation sites excluding steroid dienone is 10. The van der Waals surface area contributed by atoms with E-state index in [0.29, 0.717) is 19.3 Å². The van der Waals surface area contributed by atoms with Gasteiger partial charge in [-0.05, 0) is 51.4 Å². The van der Waals surface area contributed by atoms with Crippen LogP contribution in [0.15, 0.2) is 60.8 Å². The van der Waals surface area contributed by atoms with E-state index in [1.165, 1.54) is 96.3 Å². The fourth-order valence-corrected chi connectivity index (χ4v) is 6.77. The maximum Gasteiger partial charge on any atom is 0.362 e. The van der Waals surface area contributed by atoms with Crippen molar-refractivity contribution in [1.29, 1.82) is 0 Å². The third-order valence-electron chi connectivity index (χ3n) is 10.4. The molecule has 0 spiro atoms. The number of likely N-dealkylation sites (N-methyl/N-ethyl adjacent to an activating group) is 1. The predicted octanol–water partition coefficient (Wildman–Crippen LogP) is 13.4. The van der Waals surface area contributed by atoms with Crippen LogP contribution in [0.2, 0.25) is 0 Å². The van der Waals surface area contributed by atoms with Crippen LogP contribution in [0.1, 0.15) is 194 Å². The van der Waals surface area contributed by atoms with Gasteiger partial charge in [0.25, 0.3) is 0 Å². The fourth-order valence-electron chi connectivity index (χ4n) is 6.77. The van der Waals surface area contributed by atoms with E-state index in [1.807, 2.05) is 21.1 Å². The number of carboxylic acids is 1. The second-order valence-corrected chi connectivity index (χ2v) is 17.0. The highest BCUT2D eigenvalue weighted by atomic mass is 16.6. The van der Waals surface area contributed by atoms with E-state index >= 15 is 0 Å². The molecule has 0 aliphatic heterocycles. The Bertz CT molecular complexity index is 1150. The van der Waals surface area contributed by atoms with E-state index in [2.05, 4.69) is 74.6 Å². The lowest BCUT2D eigenvalue weighted by Crippen LogP contribution is -2.50. The van der Waals surface area contributed by atoms with Crippen molar-refractivity contribution < 1.29 is 38.2 Å². The zero-order valence-corrected chi connectivity index (χ0v) is 38.7. The molecular formula is C51H90NO7+. The maximum absolute atomic E-state index is 12.7. The number of quaternary nitrogens is 1. The number of unbranched alkanes of at least 4 members (excludes halogenated alkanes) is 18. The Morgan fingerprint density at radius 2 is 0.949 bits per heavy atom. The molecule has 2 unspecified atom stereocenters. The zero-order chi connectivity index (χ0) is 43.5. The smallest absolute Gasteiger partial charge is 0.362 e. The number of carbonyl (C=O) groups excluding carboxylic acids is 2. The zero-order valence-electron chi connectivity index (χ0n) is 38.7. The molecule has 0 aromatic rings. The summed E-state index contributed by atoms with van der Waals surface area (Å²) < 4.78 is 17.3. The summed E-state index contributed by atoms with van der Waals surface area (Å²) in [7, 11) is 5.51. The van der Waals surface area contributed by atoms with Gasteiger partial charge in [-0.25, -0.2) is 4.79 Å². The molecule has 1 N–H and O–H groups in total. The topological polar surface area (TPSA) is 99.1 Å². The molecule has 0 aliphatic rings. The highest BCUT2D eigenvalue weighted by Gasteiger charge is 2.31. The van der Waals surface area contributed by atoms with Gasteiger partial charge in [-0.3, -0.25) is 9.59 Å². The average molecular weight is 829 g/mol. The van der Waals surface area contributed by atoms with Gasteiger partial charge in [-0.2, -0.15) is 0 Å². The van der Waals surface area contributed by atoms with Crippen LogP contribution in [0.5, 0.6) is 0 Å². The van der Waals surface area contributed by atoms with Crippen molar-refractivity contribution in [2.45, 2.75) is 206 Å². The normalized spacial score (nSPS) is 13.4. The van der Waals surface area contributed by atoms with Crippen molar-refractivity contribution in [1.82, 2.24) is 0 Å². The van der Waals surface area contributed by atoms with Gasteiger partial charge in [0.1, 0.15) is 6.61 Å². The summed E-state index contributed by atoms with van der Waals surface area (Å²) in [6.45, 7) is 4.57. The first-order valence-corrected chi connectivity index (χ1v) is 23.8. The number of carbonyl (C=O) groups is 3. The Balaban J connectivity index is 4.37. The van der Waals surface area contributed by atoms with E-state index in [1.54, 1.807) is 0 Å². The summed E-state index contributed by atoms with van der Waals surface area (Å²) >= 11 is 0. The van der Waals surface area contributed by atoms with Crippen LogP contribution in [0.4, 0.5) is 0 Å². The standard InChI is InChI=1S/C51H89NO7/c1-6-8-10-12-14-16-18-20-22-24-26-27-29-31-33-35-37-39-41-49(53)58-46-47(45-57-44-43-48(51(55)56)52(3,4)5)59-50(54)42-40-38-36-34-32-30-28-25-23-21-19-17-15-13-11-9-7-2/h9,11,15,17,21,23,28,30,34,36,47-48H,6-8,10,12-14,16,18-20,22,24-27,29,31-33,35,37-46H2,1-5H3/p+1/b11-9-,17-15-,23-21-,30-28-,36-34-. The molecule has 0 aromatic heterocycles. The van der Waals surface area contributed by atoms with Gasteiger partial charge >= 0.3 is 17.9 Å². The van der Waals surface area contributed by atoms with Crippen molar-refractivity contribution in [2.24, 2.45) is 0 Å². The van der Waals surface area contributed by atoms with E-state index in [-0.39, 0.29) is 42.7 Å². The molecule has 0 rings (SSSR count). The van der Waals surface area contributed by atoms with Gasteiger partial charge < -0.3 is 23.8 Å². The quantitative estimate of drug-likeness (QED) is 0.0283. The fraction of sp³-hybridized carbons (Fsp3) is 0.745. The van der Waals surface area contributed by atoms with Gasteiger partial charge in [0.05, 0.1) is 34.4 Å². The van der Waals surface area contributed by atoms with E-state index in [4.69, 9.17) is 14.2 Å². The molecule has 0 amide bonds. The first kappa shape index (κ1) is 56.0. The van der Waals surface area contributed by atoms with E-state index in [9.17, 15) is 19.5 Å². The highest BCUT2D eigenvalue weighted by molar-refractivity contribution is 5.72. The van der Waals surface area contributed by atoms with Crippen molar-refractivity contribution >= 4 is 17.9 Å². The van der Waals surface area contributed by atoms with Crippen molar-refractivity contribution in [3.63, 3.8) is 0 Å². The molecule has 0 heterocycles. The number of nitrogens with zero attached hydrogens (tertiary/aromatic N) is 1. The molecule has 0 radical (unpaired) electrons. The third kappa shape index (κ3) is 40.2. The molecule has 0 fully saturated rings. The Morgan fingerprint density at radius 3 is 1.39 bits per heavy atom. The average Bonchev–Trinajstić information content (AvgIpc) is 3.19. The van der Waals surface area contributed by atoms with Crippen LogP contribution in [0.25, 0.3) is 0 Å². The van der Waals surface area contributed by atoms with Gasteiger partial charge in [0.2, 0.25) is 0 Å². The number of esters is 2. The second-order valence-electron chi connectivity index (χ2n) is 17.0. The van der Waals surface area contributed by atoms with Crippen LogP contribution in [0.3, 0.4) is 0 Å². The minimum atomic E-state index is -0.884. The van der Waals surface area contributed by atoms with Crippen molar-refractivity contribution in [2.75, 3.05) is 41.0 Å². The molecule has 0 saturated carbocycles. The first-order chi connectivity index (χ1) is 28.6. The lowest BCUT2D eigenvalue weighted by molar-refractivity contribution is -0.887. The largest absolute Gasteiger partial charge is 0.477 e. The number of aliphatic carboxylic acids is 1. The molecule has 0 bridgehead atoms. The Morgan fingerprint density at radius 1 is 0.525 bits per heavy atom. The molecule has 340 valence electrons. The Kier molecular flexibility index (Phi) is 39.6. The molecule has 0 aromatic carbocycles. The summed E-state index contributed by atoms with van der Waals surface area (Å²) in [6, 6.07) is -0.626. The lowest BCUT2D eigenvalue weighted by atomic mass is 10.0. The second kappa shape index (κ2) is 41.8. The molecule has 59 heavy (non-hydrogen) atoms. The summed E-state index contributed by atoms with van der Waals surface area (Å²) in [5.41, 5.74) is 0. The number of carboxylic acid groups (broad SMARTS) is 1. The third-order valence-corrected chi connectivity index (χ3v) is 10.4. The van der Waals surface area contributed by atoms with E-state index < -0.39 is 18.1 Å². The molecular weight excluding hydrogens is 739 g/mol. The minimum absolute atomic E-state index is 0.0382. The Hall–Kier alpha value is -2.97. The highest BCUT2D eigenvalue weighted by Crippen LogP contribution is 2.15. The molecule has 2 atom stereocenters. The van der Waals surface area contributed by atoms with Crippen molar-refractivity contribution in [3.05, 3.63) is 60.8 Å². The summed E-state index contributed by atoms with van der Waals surface area (Å²) in [4.78, 5) is 37.0. The molecule has 0 aliphatic carbocycles. The predicted molar refractivity (Wildman–Crippen MR) is 247 cm³/mol. The molecule has 0 saturated heterocycles. The Labute approximate surface area is 362 Å². The van der Waals surface area contributed by atoms with Gasteiger partial charge in [0, 0.05) is 19.3 Å². The van der Waals surface area contributed by atoms with E-state index in [0.717, 1.165) is 57.8 Å². The monoisotopic (exact) mass is 829 g/mol. The minimum Gasteiger partial charge on any atom is -0.477 e. The lowest BCUT2D eigenvalue weighted by Gasteiger charge is -2.31. The SMILES string of the molecule is CC/C=C\C/C=C\C/C=C\C/C=C\C/C=C\CCCC(=O)OC(COCCC(C(=O)O)[N+](C)(C)C)COC(=O)CCCCCCCCCCCCCCCCCCCC. The summed E-state index contributed by atoms with van der Waals surface area (Å²) in [5.74, 6) is -1.54.